The lowest BCUT2D eigenvalue weighted by molar-refractivity contribution is 0.355. The second-order valence-electron chi connectivity index (χ2n) is 4.58. The van der Waals surface area contributed by atoms with E-state index in [0.717, 1.165) is 6.54 Å². The van der Waals surface area contributed by atoms with Crippen molar-refractivity contribution in [3.05, 3.63) is 0 Å². The molecule has 0 bridgehead atoms. The van der Waals surface area contributed by atoms with Crippen LogP contribution >= 0.6 is 0 Å². The fraction of sp³-hybridized carbons (Fsp3) is 1.00. The molecule has 0 saturated heterocycles. The SMILES string of the molecule is CCCCCCCC(C)(C)NCC. The lowest BCUT2D eigenvalue weighted by atomic mass is 9.96. The summed E-state index contributed by atoms with van der Waals surface area (Å²) in [6.07, 6.45) is 8.25. The number of nitrogens with one attached hydrogen (secondary N) is 1. The molecule has 80 valence electrons. The topological polar surface area (TPSA) is 12.0 Å². The molecule has 0 aromatic carbocycles. The summed E-state index contributed by atoms with van der Waals surface area (Å²) in [6.45, 7) is 10.1. The van der Waals surface area contributed by atoms with Crippen molar-refractivity contribution in [1.82, 2.24) is 5.32 Å². The normalized spacial score (nSPS) is 12.0. The van der Waals surface area contributed by atoms with Crippen LogP contribution in [0.3, 0.4) is 0 Å². The van der Waals surface area contributed by atoms with Crippen molar-refractivity contribution in [3.8, 4) is 0 Å². The fourth-order valence-electron chi connectivity index (χ4n) is 1.74. The number of hydrogen-bond donors (Lipinski definition) is 1. The Bertz CT molecular complexity index is 108. The number of hydrogen-bond acceptors (Lipinski definition) is 1. The molecular weight excluding hydrogens is 158 g/mol. The molecular formula is C12H27N. The Balaban J connectivity index is 3.29. The van der Waals surface area contributed by atoms with Crippen molar-refractivity contribution >= 4 is 0 Å². The first-order valence-electron chi connectivity index (χ1n) is 5.87. The van der Waals surface area contributed by atoms with E-state index in [2.05, 4.69) is 33.0 Å². The van der Waals surface area contributed by atoms with Gasteiger partial charge in [-0.1, -0.05) is 46.0 Å². The Labute approximate surface area is 84.3 Å². The third-order valence-electron chi connectivity index (χ3n) is 2.56. The van der Waals surface area contributed by atoms with Gasteiger partial charge in [0.25, 0.3) is 0 Å². The Kier molecular flexibility index (Phi) is 7.35. The Morgan fingerprint density at radius 3 is 2.08 bits per heavy atom. The molecule has 1 heteroatoms. The average molecular weight is 185 g/mol. The van der Waals surface area contributed by atoms with E-state index in [9.17, 15) is 0 Å². The Hall–Kier alpha value is -0.0400. The second kappa shape index (κ2) is 7.37. The van der Waals surface area contributed by atoms with E-state index in [4.69, 9.17) is 0 Å². The summed E-state index contributed by atoms with van der Waals surface area (Å²) in [5.74, 6) is 0. The van der Waals surface area contributed by atoms with E-state index < -0.39 is 0 Å². The monoisotopic (exact) mass is 185 g/mol. The lowest BCUT2D eigenvalue weighted by Crippen LogP contribution is -2.38. The molecule has 0 aromatic rings. The van der Waals surface area contributed by atoms with Gasteiger partial charge in [-0.15, -0.1) is 0 Å². The molecule has 0 radical (unpaired) electrons. The molecule has 0 aliphatic heterocycles. The van der Waals surface area contributed by atoms with Gasteiger partial charge < -0.3 is 5.32 Å². The molecule has 0 saturated carbocycles. The summed E-state index contributed by atoms with van der Waals surface area (Å²) in [6, 6.07) is 0. The summed E-state index contributed by atoms with van der Waals surface area (Å²) in [7, 11) is 0. The Morgan fingerprint density at radius 2 is 1.54 bits per heavy atom. The fourth-order valence-corrected chi connectivity index (χ4v) is 1.74. The van der Waals surface area contributed by atoms with Gasteiger partial charge in [0.05, 0.1) is 0 Å². The maximum atomic E-state index is 3.51. The zero-order chi connectivity index (χ0) is 10.2. The smallest absolute Gasteiger partial charge is 0.0125 e. The highest BCUT2D eigenvalue weighted by Crippen LogP contribution is 2.14. The van der Waals surface area contributed by atoms with Crippen molar-refractivity contribution in [1.29, 1.82) is 0 Å². The van der Waals surface area contributed by atoms with Gasteiger partial charge in [0.15, 0.2) is 0 Å². The first-order valence-corrected chi connectivity index (χ1v) is 5.87. The van der Waals surface area contributed by atoms with Crippen molar-refractivity contribution in [2.45, 2.75) is 71.8 Å². The molecule has 0 fully saturated rings. The van der Waals surface area contributed by atoms with E-state index in [1.807, 2.05) is 0 Å². The summed E-state index contributed by atoms with van der Waals surface area (Å²) in [5.41, 5.74) is 0.348. The van der Waals surface area contributed by atoms with E-state index in [1.165, 1.54) is 38.5 Å². The quantitative estimate of drug-likeness (QED) is 0.568. The van der Waals surface area contributed by atoms with Crippen LogP contribution in [0.4, 0.5) is 0 Å². The van der Waals surface area contributed by atoms with Crippen LogP contribution in [0.15, 0.2) is 0 Å². The maximum Gasteiger partial charge on any atom is 0.0125 e. The predicted molar refractivity (Wildman–Crippen MR) is 61.1 cm³/mol. The van der Waals surface area contributed by atoms with E-state index in [0.29, 0.717) is 5.54 Å². The van der Waals surface area contributed by atoms with Crippen LogP contribution in [0.1, 0.15) is 66.2 Å². The molecule has 1 N–H and O–H groups in total. The summed E-state index contributed by atoms with van der Waals surface area (Å²) in [4.78, 5) is 0. The molecule has 0 amide bonds. The molecule has 0 aromatic heterocycles. The number of unbranched alkanes of at least 4 members (excludes halogenated alkanes) is 4. The van der Waals surface area contributed by atoms with Gasteiger partial charge in [-0.25, -0.2) is 0 Å². The standard InChI is InChI=1S/C12H27N/c1-5-7-8-9-10-11-12(3,4)13-6-2/h13H,5-11H2,1-4H3. The van der Waals surface area contributed by atoms with E-state index in [1.54, 1.807) is 0 Å². The molecule has 0 atom stereocenters. The third-order valence-corrected chi connectivity index (χ3v) is 2.56. The zero-order valence-corrected chi connectivity index (χ0v) is 9.95. The van der Waals surface area contributed by atoms with Gasteiger partial charge in [-0.2, -0.15) is 0 Å². The first kappa shape index (κ1) is 13.0. The van der Waals surface area contributed by atoms with Crippen LogP contribution in [-0.2, 0) is 0 Å². The highest BCUT2D eigenvalue weighted by atomic mass is 14.9. The number of rotatable bonds is 8. The molecule has 0 aliphatic carbocycles. The van der Waals surface area contributed by atoms with Crippen LogP contribution in [0, 0.1) is 0 Å². The van der Waals surface area contributed by atoms with Crippen LogP contribution < -0.4 is 5.32 Å². The zero-order valence-electron chi connectivity index (χ0n) is 9.95. The predicted octanol–water partition coefficient (Wildman–Crippen LogP) is 3.74. The van der Waals surface area contributed by atoms with Gasteiger partial charge in [0.1, 0.15) is 0 Å². The Morgan fingerprint density at radius 1 is 0.923 bits per heavy atom. The van der Waals surface area contributed by atoms with Crippen LogP contribution in [0.25, 0.3) is 0 Å². The van der Waals surface area contributed by atoms with Crippen LogP contribution in [0.5, 0.6) is 0 Å². The molecule has 0 spiro atoms. The summed E-state index contributed by atoms with van der Waals surface area (Å²) < 4.78 is 0. The van der Waals surface area contributed by atoms with Crippen molar-refractivity contribution in [2.75, 3.05) is 6.54 Å². The van der Waals surface area contributed by atoms with Gasteiger partial charge >= 0.3 is 0 Å². The van der Waals surface area contributed by atoms with E-state index in [-0.39, 0.29) is 0 Å². The minimum Gasteiger partial charge on any atom is -0.312 e. The molecule has 0 unspecified atom stereocenters. The minimum absolute atomic E-state index is 0.348. The molecule has 13 heavy (non-hydrogen) atoms. The van der Waals surface area contributed by atoms with Crippen molar-refractivity contribution in [3.63, 3.8) is 0 Å². The van der Waals surface area contributed by atoms with Gasteiger partial charge in [0.2, 0.25) is 0 Å². The molecule has 0 rings (SSSR count). The largest absolute Gasteiger partial charge is 0.312 e. The van der Waals surface area contributed by atoms with Gasteiger partial charge in [0, 0.05) is 5.54 Å². The van der Waals surface area contributed by atoms with Gasteiger partial charge in [-0.3, -0.25) is 0 Å². The third kappa shape index (κ3) is 8.29. The summed E-state index contributed by atoms with van der Waals surface area (Å²) >= 11 is 0. The second-order valence-corrected chi connectivity index (χ2v) is 4.58. The van der Waals surface area contributed by atoms with E-state index >= 15 is 0 Å². The van der Waals surface area contributed by atoms with Crippen LogP contribution in [-0.4, -0.2) is 12.1 Å². The lowest BCUT2D eigenvalue weighted by Gasteiger charge is -2.25. The molecule has 0 heterocycles. The van der Waals surface area contributed by atoms with Gasteiger partial charge in [-0.05, 0) is 26.8 Å². The summed E-state index contributed by atoms with van der Waals surface area (Å²) in [5, 5.41) is 3.51. The molecule has 0 aliphatic rings. The molecule has 1 nitrogen and oxygen atoms in total. The maximum absolute atomic E-state index is 3.51. The van der Waals surface area contributed by atoms with Crippen molar-refractivity contribution < 1.29 is 0 Å². The highest BCUT2D eigenvalue weighted by Gasteiger charge is 2.14. The minimum atomic E-state index is 0.348. The first-order chi connectivity index (χ1) is 6.12. The average Bonchev–Trinajstić information content (AvgIpc) is 2.04. The van der Waals surface area contributed by atoms with Crippen molar-refractivity contribution in [2.24, 2.45) is 0 Å². The van der Waals surface area contributed by atoms with Crippen LogP contribution in [0.2, 0.25) is 0 Å². The highest BCUT2D eigenvalue weighted by molar-refractivity contribution is 4.75.